The van der Waals surface area contributed by atoms with Gasteiger partial charge in [0.15, 0.2) is 0 Å². The van der Waals surface area contributed by atoms with Crippen LogP contribution in [-0.4, -0.2) is 42.6 Å². The van der Waals surface area contributed by atoms with Gasteiger partial charge in [0.1, 0.15) is 6.61 Å². The lowest BCUT2D eigenvalue weighted by atomic mass is 10.1. The van der Waals surface area contributed by atoms with Crippen LogP contribution in [0.2, 0.25) is 0 Å². The summed E-state index contributed by atoms with van der Waals surface area (Å²) in [5.74, 6) is -0.819. The number of ether oxygens (including phenoxy) is 1. The second kappa shape index (κ2) is 6.30. The second-order valence-corrected chi connectivity index (χ2v) is 5.61. The van der Waals surface area contributed by atoms with Crippen molar-refractivity contribution in [1.82, 2.24) is 4.90 Å². The number of imide groups is 1. The Hall–Kier alpha value is -1.16. The van der Waals surface area contributed by atoms with Crippen molar-refractivity contribution in [3.63, 3.8) is 0 Å². The highest BCUT2D eigenvalue weighted by molar-refractivity contribution is 14.1. The van der Waals surface area contributed by atoms with E-state index in [1.165, 1.54) is 0 Å². The van der Waals surface area contributed by atoms with Crippen molar-refractivity contribution in [3.05, 3.63) is 32.9 Å². The molecule has 0 spiro atoms. The molecule has 0 radical (unpaired) electrons. The standard InChI is InChI=1S/C13H11F3INO3/c14-13(15,16)7-21-6-2-5-18-11(19)8-3-1-4-9(17)10(8)12(18)20/h1,3-4H,2,5-7H2. The topological polar surface area (TPSA) is 46.6 Å². The van der Waals surface area contributed by atoms with Crippen LogP contribution >= 0.6 is 22.6 Å². The molecule has 2 rings (SSSR count). The Morgan fingerprint density at radius 1 is 1.19 bits per heavy atom. The molecule has 0 unspecified atom stereocenters. The molecule has 0 saturated heterocycles. The number of halogens is 4. The van der Waals surface area contributed by atoms with Gasteiger partial charge in [0.05, 0.1) is 11.1 Å². The fourth-order valence-electron chi connectivity index (χ4n) is 2.01. The van der Waals surface area contributed by atoms with E-state index in [0.717, 1.165) is 4.90 Å². The van der Waals surface area contributed by atoms with Gasteiger partial charge in [0, 0.05) is 16.7 Å². The van der Waals surface area contributed by atoms with E-state index in [1.807, 2.05) is 22.6 Å². The molecule has 8 heteroatoms. The molecule has 0 bridgehead atoms. The number of carbonyl (C=O) groups is 2. The molecule has 4 nitrogen and oxygen atoms in total. The van der Waals surface area contributed by atoms with Gasteiger partial charge in [-0.1, -0.05) is 6.07 Å². The highest BCUT2D eigenvalue weighted by Gasteiger charge is 2.36. The molecule has 1 aliphatic heterocycles. The van der Waals surface area contributed by atoms with E-state index in [1.54, 1.807) is 18.2 Å². The molecule has 0 saturated carbocycles. The zero-order valence-electron chi connectivity index (χ0n) is 10.7. The van der Waals surface area contributed by atoms with Gasteiger partial charge in [-0.05, 0) is 41.1 Å². The van der Waals surface area contributed by atoms with Crippen LogP contribution in [0.3, 0.4) is 0 Å². The molecule has 1 aromatic carbocycles. The molecule has 0 fully saturated rings. The van der Waals surface area contributed by atoms with E-state index in [9.17, 15) is 22.8 Å². The number of carbonyl (C=O) groups excluding carboxylic acids is 2. The minimum atomic E-state index is -4.37. The normalized spacial score (nSPS) is 14.8. The highest BCUT2D eigenvalue weighted by atomic mass is 127. The average Bonchev–Trinajstić information content (AvgIpc) is 2.63. The van der Waals surface area contributed by atoms with Crippen molar-refractivity contribution in [3.8, 4) is 0 Å². The number of hydrogen-bond donors (Lipinski definition) is 0. The van der Waals surface area contributed by atoms with Crippen molar-refractivity contribution < 1.29 is 27.5 Å². The van der Waals surface area contributed by atoms with Crippen LogP contribution in [-0.2, 0) is 4.74 Å². The summed E-state index contributed by atoms with van der Waals surface area (Å²) in [5.41, 5.74) is 0.697. The third kappa shape index (κ3) is 3.73. The maximum absolute atomic E-state index is 12.1. The van der Waals surface area contributed by atoms with Gasteiger partial charge in [-0.15, -0.1) is 0 Å². The Bertz CT molecular complexity index is 574. The minimum absolute atomic E-state index is 0.0419. The molecule has 0 atom stereocenters. The fourth-order valence-corrected chi connectivity index (χ4v) is 2.74. The van der Waals surface area contributed by atoms with E-state index in [0.29, 0.717) is 14.7 Å². The summed E-state index contributed by atoms with van der Waals surface area (Å²) in [6, 6.07) is 4.97. The monoisotopic (exact) mass is 413 g/mol. The summed E-state index contributed by atoms with van der Waals surface area (Å²) in [7, 11) is 0. The largest absolute Gasteiger partial charge is 0.411 e. The molecule has 21 heavy (non-hydrogen) atoms. The lowest BCUT2D eigenvalue weighted by Gasteiger charge is -2.14. The molecule has 1 aromatic rings. The van der Waals surface area contributed by atoms with Crippen molar-refractivity contribution in [2.75, 3.05) is 19.8 Å². The first-order valence-corrected chi connectivity index (χ1v) is 7.18. The summed E-state index contributed by atoms with van der Waals surface area (Å²) in [4.78, 5) is 25.2. The van der Waals surface area contributed by atoms with E-state index >= 15 is 0 Å². The molecule has 114 valence electrons. The van der Waals surface area contributed by atoms with Gasteiger partial charge in [-0.3, -0.25) is 14.5 Å². The summed E-state index contributed by atoms with van der Waals surface area (Å²) >= 11 is 1.97. The SMILES string of the molecule is O=C1c2cccc(I)c2C(=O)N1CCCOCC(F)(F)F. The number of fused-ring (bicyclic) bond motifs is 1. The molecular formula is C13H11F3INO3. The summed E-state index contributed by atoms with van der Waals surface area (Å²) < 4.78 is 40.8. The van der Waals surface area contributed by atoms with Crippen LogP contribution in [0.25, 0.3) is 0 Å². The third-order valence-electron chi connectivity index (χ3n) is 2.88. The minimum Gasteiger partial charge on any atom is -0.372 e. The highest BCUT2D eigenvalue weighted by Crippen LogP contribution is 2.27. The van der Waals surface area contributed by atoms with Crippen molar-refractivity contribution >= 4 is 34.4 Å². The van der Waals surface area contributed by atoms with Crippen LogP contribution in [0, 0.1) is 3.57 Å². The predicted molar refractivity (Wildman–Crippen MR) is 76.0 cm³/mol. The lowest BCUT2D eigenvalue weighted by Crippen LogP contribution is -2.31. The summed E-state index contributed by atoms with van der Waals surface area (Å²) in [6.07, 6.45) is -4.20. The smallest absolute Gasteiger partial charge is 0.372 e. The molecule has 0 N–H and O–H groups in total. The van der Waals surface area contributed by atoms with Crippen LogP contribution in [0.15, 0.2) is 18.2 Å². The average molecular weight is 413 g/mol. The number of amides is 2. The van der Waals surface area contributed by atoms with E-state index < -0.39 is 24.6 Å². The predicted octanol–water partition coefficient (Wildman–Crippen LogP) is 2.86. The zero-order valence-corrected chi connectivity index (χ0v) is 12.9. The van der Waals surface area contributed by atoms with Crippen LogP contribution < -0.4 is 0 Å². The van der Waals surface area contributed by atoms with Crippen LogP contribution in [0.1, 0.15) is 27.1 Å². The Kier molecular flexibility index (Phi) is 4.87. The van der Waals surface area contributed by atoms with Gasteiger partial charge >= 0.3 is 6.18 Å². The molecule has 1 heterocycles. The van der Waals surface area contributed by atoms with E-state index in [-0.39, 0.29) is 19.6 Å². The first-order chi connectivity index (χ1) is 9.81. The fraction of sp³-hybridized carbons (Fsp3) is 0.385. The van der Waals surface area contributed by atoms with Gasteiger partial charge in [-0.2, -0.15) is 13.2 Å². The van der Waals surface area contributed by atoms with Crippen molar-refractivity contribution in [2.45, 2.75) is 12.6 Å². The zero-order chi connectivity index (χ0) is 15.6. The Balaban J connectivity index is 1.91. The van der Waals surface area contributed by atoms with Crippen molar-refractivity contribution in [2.24, 2.45) is 0 Å². The second-order valence-electron chi connectivity index (χ2n) is 4.45. The van der Waals surface area contributed by atoms with E-state index in [2.05, 4.69) is 4.74 Å². The quantitative estimate of drug-likeness (QED) is 0.424. The first-order valence-electron chi connectivity index (χ1n) is 6.10. The molecule has 1 aliphatic rings. The maximum Gasteiger partial charge on any atom is 0.411 e. The van der Waals surface area contributed by atoms with Crippen LogP contribution in [0.4, 0.5) is 13.2 Å². The van der Waals surface area contributed by atoms with Gasteiger partial charge in [0.25, 0.3) is 11.8 Å². The molecule has 0 aliphatic carbocycles. The Morgan fingerprint density at radius 3 is 2.52 bits per heavy atom. The number of benzene rings is 1. The molecule has 2 amide bonds. The Morgan fingerprint density at radius 2 is 1.90 bits per heavy atom. The maximum atomic E-state index is 12.1. The Labute approximate surface area is 132 Å². The third-order valence-corrected chi connectivity index (χ3v) is 3.78. The van der Waals surface area contributed by atoms with Gasteiger partial charge in [0.2, 0.25) is 0 Å². The first kappa shape index (κ1) is 16.2. The molecule has 0 aromatic heterocycles. The number of alkyl halides is 3. The number of hydrogen-bond acceptors (Lipinski definition) is 3. The number of nitrogens with zero attached hydrogens (tertiary/aromatic N) is 1. The summed E-state index contributed by atoms with van der Waals surface area (Å²) in [6.45, 7) is -1.45. The summed E-state index contributed by atoms with van der Waals surface area (Å²) in [5, 5.41) is 0. The van der Waals surface area contributed by atoms with Gasteiger partial charge < -0.3 is 4.74 Å². The van der Waals surface area contributed by atoms with E-state index in [4.69, 9.17) is 0 Å². The lowest BCUT2D eigenvalue weighted by molar-refractivity contribution is -0.174. The van der Waals surface area contributed by atoms with Crippen molar-refractivity contribution in [1.29, 1.82) is 0 Å². The molecular weight excluding hydrogens is 402 g/mol. The van der Waals surface area contributed by atoms with Gasteiger partial charge in [-0.25, -0.2) is 0 Å². The van der Waals surface area contributed by atoms with Crippen LogP contribution in [0.5, 0.6) is 0 Å². The number of rotatable bonds is 5.